The molecule has 0 fully saturated rings. The van der Waals surface area contributed by atoms with Crippen LogP contribution in [0.5, 0.6) is 0 Å². The number of carbonyl (C=O) groups excluding carboxylic acids is 1. The highest BCUT2D eigenvalue weighted by Crippen LogP contribution is 2.43. The van der Waals surface area contributed by atoms with Crippen molar-refractivity contribution < 1.29 is 32.9 Å². The monoisotopic (exact) mass is 986 g/mol. The van der Waals surface area contributed by atoms with Crippen LogP contribution in [0.15, 0.2) is 0 Å². The molecule has 0 saturated heterocycles. The van der Waals surface area contributed by atoms with Crippen molar-refractivity contribution in [1.29, 1.82) is 0 Å². The van der Waals surface area contributed by atoms with E-state index in [-0.39, 0.29) is 19.1 Å². The van der Waals surface area contributed by atoms with Gasteiger partial charge in [0.1, 0.15) is 13.2 Å². The van der Waals surface area contributed by atoms with Gasteiger partial charge in [0, 0.05) is 6.42 Å². The summed E-state index contributed by atoms with van der Waals surface area (Å²) in [5, 5.41) is 14.1. The van der Waals surface area contributed by atoms with Gasteiger partial charge in [-0.3, -0.25) is 13.8 Å². The lowest BCUT2D eigenvalue weighted by Gasteiger charge is -2.26. The largest absolute Gasteiger partial charge is 0.472 e. The van der Waals surface area contributed by atoms with Gasteiger partial charge in [-0.15, -0.1) is 0 Å². The minimum absolute atomic E-state index is 0.0793. The molecular weight excluding hydrogens is 864 g/mol. The van der Waals surface area contributed by atoms with Crippen LogP contribution in [0.2, 0.25) is 0 Å². The maximum Gasteiger partial charge on any atom is 0.472 e. The van der Waals surface area contributed by atoms with Crippen LogP contribution < -0.4 is 5.32 Å². The van der Waals surface area contributed by atoms with Crippen molar-refractivity contribution in [3.05, 3.63) is 0 Å². The lowest BCUT2D eigenvalue weighted by molar-refractivity contribution is -0.870. The number of quaternary nitrogens is 1. The predicted molar refractivity (Wildman–Crippen MR) is 296 cm³/mol. The number of nitrogens with one attached hydrogen (secondary N) is 1. The van der Waals surface area contributed by atoms with Gasteiger partial charge in [0.25, 0.3) is 0 Å². The second-order valence-electron chi connectivity index (χ2n) is 22.4. The minimum atomic E-state index is -4.32. The topological polar surface area (TPSA) is 105 Å². The van der Waals surface area contributed by atoms with Crippen molar-refractivity contribution in [2.45, 2.75) is 334 Å². The van der Waals surface area contributed by atoms with Crippen molar-refractivity contribution in [2.24, 2.45) is 0 Å². The molecule has 0 bridgehead atoms. The highest BCUT2D eigenvalue weighted by atomic mass is 31.2. The summed E-state index contributed by atoms with van der Waals surface area (Å²) in [4.78, 5) is 23.4. The molecule has 8 nitrogen and oxygen atoms in total. The Labute approximate surface area is 425 Å². The molecule has 0 saturated carbocycles. The molecule has 0 aliphatic carbocycles. The first kappa shape index (κ1) is 67.5. The van der Waals surface area contributed by atoms with Crippen molar-refractivity contribution >= 4 is 13.7 Å². The average Bonchev–Trinajstić information content (AvgIpc) is 3.30. The zero-order valence-electron chi connectivity index (χ0n) is 46.6. The number of amides is 1. The highest BCUT2D eigenvalue weighted by molar-refractivity contribution is 7.47. The molecule has 0 aliphatic rings. The van der Waals surface area contributed by atoms with Gasteiger partial charge in [-0.1, -0.05) is 303 Å². The Bertz CT molecular complexity index is 1070. The Hall–Kier alpha value is -0.500. The number of aliphatic hydroxyl groups is 1. The predicted octanol–water partition coefficient (Wildman–Crippen LogP) is 18.4. The normalized spacial score (nSPS) is 13.8. The van der Waals surface area contributed by atoms with Gasteiger partial charge < -0.3 is 19.8 Å². The lowest BCUT2D eigenvalue weighted by Crippen LogP contribution is -2.46. The quantitative estimate of drug-likeness (QED) is 0.0319. The molecule has 3 N–H and O–H groups in total. The Morgan fingerprint density at radius 2 is 0.706 bits per heavy atom. The number of phosphoric ester groups is 1. The number of rotatable bonds is 57. The molecule has 0 heterocycles. The Balaban J connectivity index is 4.08. The van der Waals surface area contributed by atoms with E-state index in [0.29, 0.717) is 23.9 Å². The van der Waals surface area contributed by atoms with Gasteiger partial charge in [0.15, 0.2) is 0 Å². The van der Waals surface area contributed by atoms with Gasteiger partial charge in [-0.25, -0.2) is 4.57 Å². The lowest BCUT2D eigenvalue weighted by atomic mass is 10.0. The van der Waals surface area contributed by atoms with Gasteiger partial charge in [-0.2, -0.15) is 0 Å². The third kappa shape index (κ3) is 53.3. The third-order valence-corrected chi connectivity index (χ3v) is 15.3. The number of likely N-dealkylation sites (N-methyl/N-ethyl adjacent to an activating group) is 1. The first-order valence-corrected chi connectivity index (χ1v) is 31.9. The molecule has 0 spiro atoms. The van der Waals surface area contributed by atoms with E-state index in [0.717, 1.165) is 38.5 Å². The number of aliphatic hydroxyl groups excluding tert-OH is 1. The number of phosphoric acid groups is 1. The van der Waals surface area contributed by atoms with Crippen LogP contribution in [-0.4, -0.2) is 73.4 Å². The molecule has 0 aromatic heterocycles. The highest BCUT2D eigenvalue weighted by Gasteiger charge is 2.28. The first-order chi connectivity index (χ1) is 33.0. The van der Waals surface area contributed by atoms with E-state index in [1.54, 1.807) is 0 Å². The van der Waals surface area contributed by atoms with E-state index >= 15 is 0 Å². The molecule has 1 amide bonds. The maximum absolute atomic E-state index is 13.0. The summed E-state index contributed by atoms with van der Waals surface area (Å²) < 4.78 is 23.8. The van der Waals surface area contributed by atoms with Gasteiger partial charge in [0.2, 0.25) is 5.91 Å². The molecule has 408 valence electrons. The molecule has 68 heavy (non-hydrogen) atoms. The van der Waals surface area contributed by atoms with Crippen molar-refractivity contribution in [2.75, 3.05) is 40.9 Å². The summed E-state index contributed by atoms with van der Waals surface area (Å²) >= 11 is 0. The van der Waals surface area contributed by atoms with Crippen LogP contribution >= 0.6 is 7.82 Å². The first-order valence-electron chi connectivity index (χ1n) is 30.4. The Morgan fingerprint density at radius 3 is 0.985 bits per heavy atom. The van der Waals surface area contributed by atoms with Gasteiger partial charge in [-0.05, 0) is 12.8 Å². The molecule has 0 aromatic carbocycles. The van der Waals surface area contributed by atoms with E-state index < -0.39 is 20.0 Å². The fraction of sp³-hybridized carbons (Fsp3) is 0.983. The average molecular weight is 987 g/mol. The summed E-state index contributed by atoms with van der Waals surface area (Å²) in [7, 11) is 1.64. The molecular formula is C59H122N2O6P+. The fourth-order valence-corrected chi connectivity index (χ4v) is 10.3. The maximum atomic E-state index is 13.0. The molecule has 3 unspecified atom stereocenters. The Morgan fingerprint density at radius 1 is 0.441 bits per heavy atom. The van der Waals surface area contributed by atoms with Crippen LogP contribution in [0.1, 0.15) is 322 Å². The van der Waals surface area contributed by atoms with Crippen molar-refractivity contribution in [3.63, 3.8) is 0 Å². The summed E-state index contributed by atoms with van der Waals surface area (Å²) in [5.41, 5.74) is 0. The zero-order valence-corrected chi connectivity index (χ0v) is 47.5. The van der Waals surface area contributed by atoms with Crippen LogP contribution in [0.25, 0.3) is 0 Å². The Kier molecular flexibility index (Phi) is 51.0. The van der Waals surface area contributed by atoms with Crippen molar-refractivity contribution in [1.82, 2.24) is 5.32 Å². The van der Waals surface area contributed by atoms with E-state index in [2.05, 4.69) is 19.2 Å². The summed E-state index contributed by atoms with van der Waals surface area (Å²) in [6.07, 6.45) is 61.7. The second kappa shape index (κ2) is 51.4. The van der Waals surface area contributed by atoms with Crippen LogP contribution in [0, 0.1) is 0 Å². The van der Waals surface area contributed by atoms with Crippen molar-refractivity contribution in [3.8, 4) is 0 Å². The van der Waals surface area contributed by atoms with Crippen LogP contribution in [-0.2, 0) is 18.4 Å². The second-order valence-corrected chi connectivity index (χ2v) is 23.9. The fourth-order valence-electron chi connectivity index (χ4n) is 9.58. The standard InChI is InChI=1S/C59H121N2O6P/c1-6-8-10-12-14-16-18-20-22-24-26-28-29-30-31-33-35-37-39-41-43-45-47-49-51-53-59(63)60-57(56-67-68(64,65)66-55-54-61(3,4)5)58(62)52-50-48-46-44-42-40-38-36-34-32-27-25-23-21-19-17-15-13-11-9-7-2/h57-58,62H,6-56H2,1-5H3,(H-,60,63,64,65)/p+1. The zero-order chi connectivity index (χ0) is 49.9. The molecule has 0 aromatic rings. The number of unbranched alkanes of at least 4 members (excludes halogenated alkanes) is 44. The number of hydrogen-bond donors (Lipinski definition) is 3. The van der Waals surface area contributed by atoms with E-state index in [1.165, 1.54) is 257 Å². The summed E-state index contributed by atoms with van der Waals surface area (Å²) in [6, 6.07) is -0.755. The summed E-state index contributed by atoms with van der Waals surface area (Å²) in [5.74, 6) is -0.135. The molecule has 0 radical (unpaired) electrons. The van der Waals surface area contributed by atoms with Gasteiger partial charge >= 0.3 is 7.82 Å². The van der Waals surface area contributed by atoms with Crippen LogP contribution in [0.4, 0.5) is 0 Å². The molecule has 9 heteroatoms. The van der Waals surface area contributed by atoms with E-state index in [1.807, 2.05) is 21.1 Å². The SMILES string of the molecule is CCCCCCCCCCCCCCCCCCCCCCCCCCCC(=O)NC(COP(=O)(O)OCC[N+](C)(C)C)C(O)CCCCCCCCCCCCCCCCCCCCCCC. The number of carbonyl (C=O) groups is 1. The molecule has 3 atom stereocenters. The molecule has 0 aliphatic heterocycles. The van der Waals surface area contributed by atoms with E-state index in [9.17, 15) is 19.4 Å². The third-order valence-electron chi connectivity index (χ3n) is 14.4. The molecule has 0 rings (SSSR count). The van der Waals surface area contributed by atoms with Gasteiger partial charge in [0.05, 0.1) is 39.9 Å². The minimum Gasteiger partial charge on any atom is -0.391 e. The smallest absolute Gasteiger partial charge is 0.391 e. The summed E-state index contributed by atoms with van der Waals surface area (Å²) in [6.45, 7) is 4.95. The number of nitrogens with zero attached hydrogens (tertiary/aromatic N) is 1. The van der Waals surface area contributed by atoms with Crippen LogP contribution in [0.3, 0.4) is 0 Å². The van der Waals surface area contributed by atoms with E-state index in [4.69, 9.17) is 9.05 Å². The number of hydrogen-bond acceptors (Lipinski definition) is 5.